The van der Waals surface area contributed by atoms with E-state index in [0.29, 0.717) is 16.3 Å². The lowest BCUT2D eigenvalue weighted by Gasteiger charge is -2.09. The van der Waals surface area contributed by atoms with Crippen LogP contribution < -0.4 is 10.1 Å². The zero-order valence-corrected chi connectivity index (χ0v) is 11.7. The molecule has 0 saturated carbocycles. The van der Waals surface area contributed by atoms with Crippen molar-refractivity contribution in [3.8, 4) is 5.75 Å². The standard InChI is InChI=1S/C14H14FNO2S/c1-8-6-13(19-9(8)2)14(17)16-11-5-4-10(15)7-12(11)18-3/h4-7H,1-3H3,(H,16,17). The molecule has 0 aliphatic rings. The number of thiophene rings is 1. The van der Waals surface area contributed by atoms with Crippen LogP contribution in [0.1, 0.15) is 20.1 Å². The molecule has 2 rings (SSSR count). The first-order valence-corrected chi connectivity index (χ1v) is 6.55. The SMILES string of the molecule is COc1cc(F)ccc1NC(=O)c1cc(C)c(C)s1. The van der Waals surface area contributed by atoms with Crippen LogP contribution in [0, 0.1) is 19.7 Å². The molecular formula is C14H14FNO2S. The highest BCUT2D eigenvalue weighted by atomic mass is 32.1. The van der Waals surface area contributed by atoms with Crippen molar-refractivity contribution in [3.63, 3.8) is 0 Å². The predicted molar refractivity (Wildman–Crippen MR) is 74.7 cm³/mol. The first-order chi connectivity index (χ1) is 9.01. The lowest BCUT2D eigenvalue weighted by molar-refractivity contribution is 0.103. The molecule has 1 amide bonds. The molecule has 1 heterocycles. The first kappa shape index (κ1) is 13.5. The van der Waals surface area contributed by atoms with Gasteiger partial charge in [0.1, 0.15) is 11.6 Å². The zero-order valence-electron chi connectivity index (χ0n) is 10.9. The number of methoxy groups -OCH3 is 1. The maximum absolute atomic E-state index is 13.1. The van der Waals surface area contributed by atoms with Gasteiger partial charge in [0.25, 0.3) is 5.91 Å². The number of ether oxygens (including phenoxy) is 1. The van der Waals surface area contributed by atoms with Crippen LogP contribution in [0.3, 0.4) is 0 Å². The van der Waals surface area contributed by atoms with E-state index in [1.807, 2.05) is 19.9 Å². The van der Waals surface area contributed by atoms with Gasteiger partial charge in [-0.1, -0.05) is 0 Å². The molecule has 19 heavy (non-hydrogen) atoms. The number of benzene rings is 1. The summed E-state index contributed by atoms with van der Waals surface area (Å²) >= 11 is 1.43. The molecule has 1 aromatic carbocycles. The molecule has 0 bridgehead atoms. The Morgan fingerprint density at radius 3 is 2.63 bits per heavy atom. The maximum Gasteiger partial charge on any atom is 0.265 e. The maximum atomic E-state index is 13.1. The summed E-state index contributed by atoms with van der Waals surface area (Å²) in [5.41, 5.74) is 1.54. The lowest BCUT2D eigenvalue weighted by Crippen LogP contribution is -2.11. The number of carbonyl (C=O) groups is 1. The molecule has 100 valence electrons. The molecule has 5 heteroatoms. The number of rotatable bonds is 3. The number of carbonyl (C=O) groups excluding carboxylic acids is 1. The molecule has 2 aromatic rings. The Morgan fingerprint density at radius 2 is 2.05 bits per heavy atom. The molecule has 0 aliphatic carbocycles. The zero-order chi connectivity index (χ0) is 14.0. The van der Waals surface area contributed by atoms with E-state index in [1.54, 1.807) is 0 Å². The average molecular weight is 279 g/mol. The highest BCUT2D eigenvalue weighted by Crippen LogP contribution is 2.27. The Balaban J connectivity index is 2.23. The fourth-order valence-corrected chi connectivity index (χ4v) is 2.57. The van der Waals surface area contributed by atoms with E-state index < -0.39 is 5.82 Å². The Bertz CT molecular complexity index is 602. The van der Waals surface area contributed by atoms with Crippen LogP contribution >= 0.6 is 11.3 Å². The molecule has 1 N–H and O–H groups in total. The van der Waals surface area contributed by atoms with Gasteiger partial charge in [-0.05, 0) is 37.6 Å². The number of anilines is 1. The Hall–Kier alpha value is -1.88. The van der Waals surface area contributed by atoms with Crippen molar-refractivity contribution in [2.24, 2.45) is 0 Å². The quantitative estimate of drug-likeness (QED) is 0.929. The summed E-state index contributed by atoms with van der Waals surface area (Å²) in [7, 11) is 1.43. The number of amides is 1. The third-order valence-corrected chi connectivity index (χ3v) is 3.95. The van der Waals surface area contributed by atoms with Gasteiger partial charge in [-0.15, -0.1) is 11.3 Å². The van der Waals surface area contributed by atoms with Gasteiger partial charge >= 0.3 is 0 Å². The largest absolute Gasteiger partial charge is 0.494 e. The second-order valence-corrected chi connectivity index (χ2v) is 5.40. The van der Waals surface area contributed by atoms with E-state index >= 15 is 0 Å². The van der Waals surface area contributed by atoms with Crippen LogP contribution in [0.4, 0.5) is 10.1 Å². The van der Waals surface area contributed by atoms with Crippen molar-refractivity contribution in [2.75, 3.05) is 12.4 Å². The number of hydrogen-bond donors (Lipinski definition) is 1. The molecule has 0 unspecified atom stereocenters. The first-order valence-electron chi connectivity index (χ1n) is 5.73. The van der Waals surface area contributed by atoms with Gasteiger partial charge in [-0.25, -0.2) is 4.39 Å². The van der Waals surface area contributed by atoms with Gasteiger partial charge in [0.2, 0.25) is 0 Å². The predicted octanol–water partition coefficient (Wildman–Crippen LogP) is 3.76. The lowest BCUT2D eigenvalue weighted by atomic mass is 10.2. The molecule has 0 radical (unpaired) electrons. The van der Waals surface area contributed by atoms with Crippen LogP contribution in [-0.4, -0.2) is 13.0 Å². The molecule has 0 fully saturated rings. The van der Waals surface area contributed by atoms with Crippen LogP contribution in [0.5, 0.6) is 5.75 Å². The summed E-state index contributed by atoms with van der Waals surface area (Å²) in [6, 6.07) is 5.84. The van der Waals surface area contributed by atoms with Crippen molar-refractivity contribution in [1.29, 1.82) is 0 Å². The Kier molecular flexibility index (Phi) is 3.85. The van der Waals surface area contributed by atoms with E-state index in [9.17, 15) is 9.18 Å². The fourth-order valence-electron chi connectivity index (χ4n) is 1.64. The highest BCUT2D eigenvalue weighted by molar-refractivity contribution is 7.14. The van der Waals surface area contributed by atoms with E-state index in [0.717, 1.165) is 10.4 Å². The molecular weight excluding hydrogens is 265 g/mol. The van der Waals surface area contributed by atoms with Crippen molar-refractivity contribution in [2.45, 2.75) is 13.8 Å². The van der Waals surface area contributed by atoms with Gasteiger partial charge in [-0.3, -0.25) is 4.79 Å². The van der Waals surface area contributed by atoms with Crippen molar-refractivity contribution < 1.29 is 13.9 Å². The summed E-state index contributed by atoms with van der Waals surface area (Å²) < 4.78 is 18.1. The van der Waals surface area contributed by atoms with E-state index in [4.69, 9.17) is 4.74 Å². The number of aryl methyl sites for hydroxylation is 2. The fraction of sp³-hybridized carbons (Fsp3) is 0.214. The van der Waals surface area contributed by atoms with Crippen LogP contribution in [-0.2, 0) is 0 Å². The minimum Gasteiger partial charge on any atom is -0.494 e. The third kappa shape index (κ3) is 2.93. The molecule has 1 aromatic heterocycles. The summed E-state index contributed by atoms with van der Waals surface area (Å²) in [5, 5.41) is 2.73. The normalized spacial score (nSPS) is 10.3. The van der Waals surface area contributed by atoms with Crippen molar-refractivity contribution in [3.05, 3.63) is 45.4 Å². The Morgan fingerprint density at radius 1 is 1.32 bits per heavy atom. The van der Waals surface area contributed by atoms with Crippen LogP contribution in [0.25, 0.3) is 0 Å². The monoisotopic (exact) mass is 279 g/mol. The van der Waals surface area contributed by atoms with Crippen molar-refractivity contribution in [1.82, 2.24) is 0 Å². The number of nitrogens with one attached hydrogen (secondary N) is 1. The number of hydrogen-bond acceptors (Lipinski definition) is 3. The summed E-state index contributed by atoms with van der Waals surface area (Å²) in [6.45, 7) is 3.93. The van der Waals surface area contributed by atoms with Gasteiger partial charge < -0.3 is 10.1 Å². The van der Waals surface area contributed by atoms with Gasteiger partial charge in [0, 0.05) is 10.9 Å². The van der Waals surface area contributed by atoms with Gasteiger partial charge in [0.15, 0.2) is 0 Å². The van der Waals surface area contributed by atoms with Gasteiger partial charge in [0.05, 0.1) is 17.7 Å². The van der Waals surface area contributed by atoms with E-state index in [1.165, 1.54) is 36.6 Å². The summed E-state index contributed by atoms with van der Waals surface area (Å²) in [5.74, 6) is -0.317. The molecule has 0 spiro atoms. The smallest absolute Gasteiger partial charge is 0.265 e. The van der Waals surface area contributed by atoms with E-state index in [-0.39, 0.29) is 5.91 Å². The molecule has 0 aliphatic heterocycles. The highest BCUT2D eigenvalue weighted by Gasteiger charge is 2.13. The van der Waals surface area contributed by atoms with Crippen LogP contribution in [0.2, 0.25) is 0 Å². The minimum atomic E-state index is -0.405. The van der Waals surface area contributed by atoms with E-state index in [2.05, 4.69) is 5.32 Å². The average Bonchev–Trinajstić information content (AvgIpc) is 2.72. The summed E-state index contributed by atoms with van der Waals surface area (Å²) in [4.78, 5) is 13.8. The third-order valence-electron chi connectivity index (χ3n) is 2.80. The number of halogens is 1. The molecule has 0 atom stereocenters. The van der Waals surface area contributed by atoms with Gasteiger partial charge in [-0.2, -0.15) is 0 Å². The minimum absolute atomic E-state index is 0.217. The molecule has 3 nitrogen and oxygen atoms in total. The van der Waals surface area contributed by atoms with Crippen LogP contribution in [0.15, 0.2) is 24.3 Å². The second-order valence-electron chi connectivity index (χ2n) is 4.15. The Labute approximate surface area is 115 Å². The topological polar surface area (TPSA) is 38.3 Å². The molecule has 0 saturated heterocycles. The summed E-state index contributed by atoms with van der Waals surface area (Å²) in [6.07, 6.45) is 0. The van der Waals surface area contributed by atoms with Crippen molar-refractivity contribution >= 4 is 22.9 Å². The second kappa shape index (κ2) is 5.40.